The van der Waals surface area contributed by atoms with Crippen LogP contribution in [0.5, 0.6) is 5.75 Å². The Morgan fingerprint density at radius 3 is 2.65 bits per heavy atom. The number of hydrogen-bond donors (Lipinski definition) is 1. The van der Waals surface area contributed by atoms with Crippen molar-refractivity contribution in [2.45, 2.75) is 59.2 Å². The summed E-state index contributed by atoms with van der Waals surface area (Å²) in [5.41, 5.74) is 4.91. The van der Waals surface area contributed by atoms with Crippen molar-refractivity contribution in [3.63, 3.8) is 0 Å². The molecule has 2 aromatic carbocycles. The Bertz CT molecular complexity index is 1130. The van der Waals surface area contributed by atoms with Gasteiger partial charge in [-0.3, -0.25) is 9.69 Å². The molecule has 0 aliphatic carbocycles. The number of nitrogens with zero attached hydrogens (tertiary/aromatic N) is 4. The van der Waals surface area contributed by atoms with E-state index in [2.05, 4.69) is 63.1 Å². The summed E-state index contributed by atoms with van der Waals surface area (Å²) < 4.78 is 7.65. The summed E-state index contributed by atoms with van der Waals surface area (Å²) >= 11 is 0. The molecule has 34 heavy (non-hydrogen) atoms. The summed E-state index contributed by atoms with van der Waals surface area (Å²) in [7, 11) is 1.72. The highest BCUT2D eigenvalue weighted by Gasteiger charge is 2.23. The van der Waals surface area contributed by atoms with E-state index >= 15 is 0 Å². The number of aryl methyl sites for hydroxylation is 3. The van der Waals surface area contributed by atoms with Gasteiger partial charge in [0.2, 0.25) is 5.91 Å². The van der Waals surface area contributed by atoms with Crippen molar-refractivity contribution >= 4 is 5.91 Å². The molecule has 0 fully saturated rings. The Hall–Kier alpha value is -3.19. The molecule has 0 bridgehead atoms. The number of methoxy groups -OCH3 is 1. The van der Waals surface area contributed by atoms with Crippen LogP contribution in [0, 0.1) is 13.8 Å². The average molecular weight is 462 g/mol. The molecule has 3 aromatic rings. The van der Waals surface area contributed by atoms with Gasteiger partial charge in [0.25, 0.3) is 0 Å². The zero-order valence-electron chi connectivity index (χ0n) is 20.7. The minimum absolute atomic E-state index is 0.0364. The maximum Gasteiger partial charge on any atom is 0.220 e. The van der Waals surface area contributed by atoms with Gasteiger partial charge in [0.15, 0.2) is 5.82 Å². The highest BCUT2D eigenvalue weighted by molar-refractivity contribution is 5.76. The number of carbonyl (C=O) groups is 1. The number of rotatable bonds is 8. The zero-order chi connectivity index (χ0) is 24.1. The van der Waals surface area contributed by atoms with Crippen molar-refractivity contribution < 1.29 is 9.53 Å². The summed E-state index contributed by atoms with van der Waals surface area (Å²) in [5, 5.41) is 12.0. The molecule has 0 saturated carbocycles. The van der Waals surface area contributed by atoms with E-state index in [4.69, 9.17) is 4.74 Å². The maximum absolute atomic E-state index is 12.5. The monoisotopic (exact) mass is 461 g/mol. The van der Waals surface area contributed by atoms with Crippen LogP contribution in [0.25, 0.3) is 0 Å². The molecular weight excluding hydrogens is 426 g/mol. The van der Waals surface area contributed by atoms with Crippen molar-refractivity contribution in [1.82, 2.24) is 25.0 Å². The highest BCUT2D eigenvalue weighted by Crippen LogP contribution is 2.24. The Kier molecular flexibility index (Phi) is 7.63. The number of amides is 1. The van der Waals surface area contributed by atoms with E-state index in [0.29, 0.717) is 6.42 Å². The minimum Gasteiger partial charge on any atom is -0.496 e. The van der Waals surface area contributed by atoms with Gasteiger partial charge in [0, 0.05) is 39.0 Å². The molecule has 1 amide bonds. The largest absolute Gasteiger partial charge is 0.496 e. The molecule has 7 heteroatoms. The quantitative estimate of drug-likeness (QED) is 0.553. The molecule has 0 spiro atoms. The predicted octanol–water partition coefficient (Wildman–Crippen LogP) is 3.77. The summed E-state index contributed by atoms with van der Waals surface area (Å²) in [6.07, 6.45) is 2.04. The van der Waals surface area contributed by atoms with Crippen LogP contribution < -0.4 is 10.1 Å². The summed E-state index contributed by atoms with van der Waals surface area (Å²) in [4.78, 5) is 15.0. The van der Waals surface area contributed by atoms with E-state index in [0.717, 1.165) is 62.0 Å². The lowest BCUT2D eigenvalue weighted by atomic mass is 10.0. The first-order valence-electron chi connectivity index (χ1n) is 12.1. The Labute approximate surface area is 202 Å². The van der Waals surface area contributed by atoms with Gasteiger partial charge in [-0.15, -0.1) is 10.2 Å². The molecule has 0 unspecified atom stereocenters. The number of carbonyl (C=O) groups excluding carboxylic acids is 1. The maximum atomic E-state index is 12.5. The number of benzene rings is 2. The SMILES string of the molecule is COc1cc(C)c(CN2CCc3nnc([C@H](C)NC(=O)CCc4ccccc4)n3CC2)cc1C. The molecular formula is C27H35N5O2. The fraction of sp³-hybridized carbons (Fsp3) is 0.444. The molecule has 180 valence electrons. The number of ether oxygens (including phenoxy) is 1. The highest BCUT2D eigenvalue weighted by atomic mass is 16.5. The van der Waals surface area contributed by atoms with Crippen LogP contribution >= 0.6 is 0 Å². The van der Waals surface area contributed by atoms with Gasteiger partial charge < -0.3 is 14.6 Å². The van der Waals surface area contributed by atoms with Gasteiger partial charge in [-0.25, -0.2) is 0 Å². The van der Waals surface area contributed by atoms with Crippen LogP contribution in [0.2, 0.25) is 0 Å². The fourth-order valence-corrected chi connectivity index (χ4v) is 4.63. The van der Waals surface area contributed by atoms with Gasteiger partial charge in [-0.2, -0.15) is 0 Å². The third-order valence-electron chi connectivity index (χ3n) is 6.64. The third kappa shape index (κ3) is 5.65. The van der Waals surface area contributed by atoms with E-state index < -0.39 is 0 Å². The van der Waals surface area contributed by atoms with Crippen LogP contribution in [0.1, 0.15) is 53.3 Å². The Balaban J connectivity index is 1.35. The summed E-state index contributed by atoms with van der Waals surface area (Å²) in [6.45, 7) is 9.78. The lowest BCUT2D eigenvalue weighted by Crippen LogP contribution is -2.30. The molecule has 1 N–H and O–H groups in total. The van der Waals surface area contributed by atoms with Gasteiger partial charge in [0.1, 0.15) is 11.6 Å². The van der Waals surface area contributed by atoms with E-state index in [9.17, 15) is 4.79 Å². The second-order valence-electron chi connectivity index (χ2n) is 9.18. The van der Waals surface area contributed by atoms with Crippen molar-refractivity contribution in [2.75, 3.05) is 20.2 Å². The van der Waals surface area contributed by atoms with Gasteiger partial charge >= 0.3 is 0 Å². The molecule has 1 aromatic heterocycles. The number of aromatic nitrogens is 3. The normalized spacial score (nSPS) is 14.8. The topological polar surface area (TPSA) is 72.3 Å². The molecule has 2 heterocycles. The Morgan fingerprint density at radius 1 is 1.09 bits per heavy atom. The second kappa shape index (κ2) is 10.8. The second-order valence-corrected chi connectivity index (χ2v) is 9.18. The van der Waals surface area contributed by atoms with Gasteiger partial charge in [-0.1, -0.05) is 36.4 Å². The van der Waals surface area contributed by atoms with E-state index in [1.165, 1.54) is 16.7 Å². The first-order chi connectivity index (χ1) is 16.4. The Morgan fingerprint density at radius 2 is 1.88 bits per heavy atom. The number of hydrogen-bond acceptors (Lipinski definition) is 5. The van der Waals surface area contributed by atoms with E-state index in [1.807, 2.05) is 25.1 Å². The number of fused-ring (bicyclic) bond motifs is 1. The first kappa shape index (κ1) is 24.0. The van der Waals surface area contributed by atoms with Crippen molar-refractivity contribution in [1.29, 1.82) is 0 Å². The molecule has 1 aliphatic heterocycles. The third-order valence-corrected chi connectivity index (χ3v) is 6.64. The molecule has 7 nitrogen and oxygen atoms in total. The van der Waals surface area contributed by atoms with Crippen LogP contribution in [0.15, 0.2) is 42.5 Å². The first-order valence-corrected chi connectivity index (χ1v) is 12.1. The van der Waals surface area contributed by atoms with Crippen LogP contribution in [0.4, 0.5) is 0 Å². The minimum atomic E-state index is -0.178. The fourth-order valence-electron chi connectivity index (χ4n) is 4.63. The van der Waals surface area contributed by atoms with Crippen LogP contribution in [0.3, 0.4) is 0 Å². The van der Waals surface area contributed by atoms with Gasteiger partial charge in [-0.05, 0) is 55.5 Å². The molecule has 0 saturated heterocycles. The lowest BCUT2D eigenvalue weighted by Gasteiger charge is -2.22. The summed E-state index contributed by atoms with van der Waals surface area (Å²) in [6, 6.07) is 14.3. The summed E-state index contributed by atoms with van der Waals surface area (Å²) in [5.74, 6) is 2.80. The van der Waals surface area contributed by atoms with Crippen LogP contribution in [-0.4, -0.2) is 45.8 Å². The standard InChI is InChI=1S/C27H35N5O2/c1-19-17-24(34-4)20(2)16-23(19)18-31-13-12-25-29-30-27(32(25)15-14-31)21(3)28-26(33)11-10-22-8-6-5-7-9-22/h5-9,16-17,21H,10-15,18H2,1-4H3,(H,28,33)/t21-/m0/s1. The molecule has 1 aliphatic rings. The van der Waals surface area contributed by atoms with Crippen molar-refractivity contribution in [2.24, 2.45) is 0 Å². The zero-order valence-corrected chi connectivity index (χ0v) is 20.7. The predicted molar refractivity (Wildman–Crippen MR) is 133 cm³/mol. The number of nitrogens with one attached hydrogen (secondary N) is 1. The van der Waals surface area contributed by atoms with Crippen LogP contribution in [-0.2, 0) is 30.7 Å². The van der Waals surface area contributed by atoms with Gasteiger partial charge in [0.05, 0.1) is 13.2 Å². The van der Waals surface area contributed by atoms with Crippen molar-refractivity contribution in [3.05, 3.63) is 76.4 Å². The van der Waals surface area contributed by atoms with E-state index in [1.54, 1.807) is 7.11 Å². The lowest BCUT2D eigenvalue weighted by molar-refractivity contribution is -0.121. The van der Waals surface area contributed by atoms with Crippen molar-refractivity contribution in [3.8, 4) is 5.75 Å². The average Bonchev–Trinajstić information content (AvgIpc) is 3.14. The molecule has 4 rings (SSSR count). The smallest absolute Gasteiger partial charge is 0.220 e. The molecule has 0 radical (unpaired) electrons. The van der Waals surface area contributed by atoms with E-state index in [-0.39, 0.29) is 11.9 Å². The molecule has 1 atom stereocenters.